The van der Waals surface area contributed by atoms with E-state index in [-0.39, 0.29) is 12.2 Å². The highest BCUT2D eigenvalue weighted by Crippen LogP contribution is 2.30. The summed E-state index contributed by atoms with van der Waals surface area (Å²) in [7, 11) is 0. The Morgan fingerprint density at radius 2 is 2.44 bits per heavy atom. The van der Waals surface area contributed by atoms with Gasteiger partial charge in [0.2, 0.25) is 0 Å². The third-order valence-corrected chi connectivity index (χ3v) is 1.67. The molecule has 1 N–H and O–H groups in total. The highest BCUT2D eigenvalue weighted by atomic mass is 79.9. The Hall–Kier alpha value is -0.310. The monoisotopic (exact) mass is 192 g/mol. The smallest absolute Gasteiger partial charge is 0.187 e. The van der Waals surface area contributed by atoms with E-state index in [1.54, 1.807) is 0 Å². The van der Waals surface area contributed by atoms with E-state index < -0.39 is 4.58 Å². The van der Waals surface area contributed by atoms with Crippen molar-refractivity contribution in [2.45, 2.75) is 11.0 Å². The molecular formula is C6H6BrFO. The molecule has 3 heteroatoms. The standard InChI is InChI=1S/C6H6BrFO/c7-6(8)3-1-5(9)2-4-6/h1-3,9H,4H2. The highest BCUT2D eigenvalue weighted by molar-refractivity contribution is 9.10. The van der Waals surface area contributed by atoms with Crippen molar-refractivity contribution in [2.75, 3.05) is 0 Å². The summed E-state index contributed by atoms with van der Waals surface area (Å²) in [6.07, 6.45) is 4.23. The fourth-order valence-electron chi connectivity index (χ4n) is 0.584. The minimum atomic E-state index is -1.45. The Balaban J connectivity index is 2.70. The minimum Gasteiger partial charge on any atom is -0.508 e. The molecule has 9 heavy (non-hydrogen) atoms. The maximum atomic E-state index is 12.7. The summed E-state index contributed by atoms with van der Waals surface area (Å²) in [4.78, 5) is 0. The number of alkyl halides is 2. The van der Waals surface area contributed by atoms with Crippen LogP contribution in [0, 0.1) is 0 Å². The third-order valence-electron chi connectivity index (χ3n) is 1.08. The zero-order chi connectivity index (χ0) is 6.91. The second kappa shape index (κ2) is 2.14. The SMILES string of the molecule is OC1=CCC(F)(Br)C=C1. The molecule has 0 fully saturated rings. The van der Waals surface area contributed by atoms with Crippen molar-refractivity contribution in [3.63, 3.8) is 0 Å². The van der Waals surface area contributed by atoms with Gasteiger partial charge in [0.1, 0.15) is 5.76 Å². The van der Waals surface area contributed by atoms with Gasteiger partial charge in [0, 0.05) is 6.42 Å². The average molecular weight is 193 g/mol. The maximum absolute atomic E-state index is 12.7. The molecule has 0 aromatic rings. The van der Waals surface area contributed by atoms with E-state index in [4.69, 9.17) is 5.11 Å². The van der Waals surface area contributed by atoms with Crippen LogP contribution in [0.25, 0.3) is 0 Å². The predicted octanol–water partition coefficient (Wildman–Crippen LogP) is 2.45. The van der Waals surface area contributed by atoms with Crippen molar-refractivity contribution in [1.82, 2.24) is 0 Å². The number of hydrogen-bond donors (Lipinski definition) is 1. The largest absolute Gasteiger partial charge is 0.508 e. The van der Waals surface area contributed by atoms with Gasteiger partial charge in [-0.2, -0.15) is 0 Å². The number of aliphatic hydroxyl groups excluding tert-OH is 1. The van der Waals surface area contributed by atoms with Gasteiger partial charge in [0.15, 0.2) is 4.58 Å². The Morgan fingerprint density at radius 3 is 2.78 bits per heavy atom. The summed E-state index contributed by atoms with van der Waals surface area (Å²) in [5.74, 6) is 0.128. The van der Waals surface area contributed by atoms with Crippen molar-refractivity contribution >= 4 is 15.9 Å². The van der Waals surface area contributed by atoms with E-state index in [1.807, 2.05) is 0 Å². The molecule has 1 rings (SSSR count). The summed E-state index contributed by atoms with van der Waals surface area (Å²) < 4.78 is 11.3. The van der Waals surface area contributed by atoms with Gasteiger partial charge < -0.3 is 5.11 Å². The van der Waals surface area contributed by atoms with Gasteiger partial charge in [-0.05, 0) is 34.2 Å². The van der Waals surface area contributed by atoms with Crippen LogP contribution in [-0.2, 0) is 0 Å². The van der Waals surface area contributed by atoms with Crippen LogP contribution >= 0.6 is 15.9 Å². The molecule has 0 aromatic carbocycles. The van der Waals surface area contributed by atoms with Gasteiger partial charge in [0.05, 0.1) is 0 Å². The molecule has 0 aromatic heterocycles. The molecule has 0 saturated carbocycles. The summed E-state index contributed by atoms with van der Waals surface area (Å²) >= 11 is 2.81. The van der Waals surface area contributed by atoms with Gasteiger partial charge in [-0.25, -0.2) is 4.39 Å². The van der Waals surface area contributed by atoms with Crippen LogP contribution in [-0.4, -0.2) is 9.68 Å². The quantitative estimate of drug-likeness (QED) is 0.585. The van der Waals surface area contributed by atoms with Gasteiger partial charge >= 0.3 is 0 Å². The van der Waals surface area contributed by atoms with Crippen LogP contribution in [0.2, 0.25) is 0 Å². The van der Waals surface area contributed by atoms with Crippen molar-refractivity contribution in [3.8, 4) is 0 Å². The first-order valence-corrected chi connectivity index (χ1v) is 3.36. The zero-order valence-electron chi connectivity index (χ0n) is 4.64. The molecule has 1 nitrogen and oxygen atoms in total. The molecule has 50 valence electrons. The van der Waals surface area contributed by atoms with E-state index in [0.717, 1.165) is 0 Å². The van der Waals surface area contributed by atoms with Crippen molar-refractivity contribution < 1.29 is 9.50 Å². The van der Waals surface area contributed by atoms with Crippen LogP contribution in [0.3, 0.4) is 0 Å². The van der Waals surface area contributed by atoms with E-state index in [0.29, 0.717) is 0 Å². The van der Waals surface area contributed by atoms with Gasteiger partial charge in [-0.1, -0.05) is 0 Å². The van der Waals surface area contributed by atoms with Crippen LogP contribution in [0.5, 0.6) is 0 Å². The summed E-state index contributed by atoms with van der Waals surface area (Å²) in [6, 6.07) is 0. The second-order valence-corrected chi connectivity index (χ2v) is 3.25. The molecule has 0 bridgehead atoms. The Bertz CT molecular complexity index is 172. The first-order valence-electron chi connectivity index (χ1n) is 2.56. The van der Waals surface area contributed by atoms with E-state index >= 15 is 0 Å². The molecule has 1 aliphatic rings. The molecule has 0 amide bonds. The molecule has 1 unspecified atom stereocenters. The number of aliphatic hydroxyl groups is 1. The summed E-state index contributed by atoms with van der Waals surface area (Å²) in [5.41, 5.74) is 0. The minimum absolute atomic E-state index is 0.128. The van der Waals surface area contributed by atoms with E-state index in [2.05, 4.69) is 15.9 Å². The van der Waals surface area contributed by atoms with Crippen LogP contribution in [0.15, 0.2) is 24.0 Å². The Kier molecular flexibility index (Phi) is 1.62. The number of hydrogen-bond acceptors (Lipinski definition) is 1. The third kappa shape index (κ3) is 1.82. The Morgan fingerprint density at radius 1 is 1.78 bits per heavy atom. The van der Waals surface area contributed by atoms with E-state index in [1.165, 1.54) is 18.2 Å². The maximum Gasteiger partial charge on any atom is 0.187 e. The summed E-state index contributed by atoms with van der Waals surface area (Å²) in [5, 5.41) is 8.73. The van der Waals surface area contributed by atoms with Crippen molar-refractivity contribution in [2.24, 2.45) is 0 Å². The fourth-order valence-corrected chi connectivity index (χ4v) is 0.878. The number of halogens is 2. The van der Waals surface area contributed by atoms with E-state index in [9.17, 15) is 4.39 Å². The lowest BCUT2D eigenvalue weighted by molar-refractivity contribution is 0.350. The molecule has 0 aliphatic heterocycles. The molecule has 1 aliphatic carbocycles. The highest BCUT2D eigenvalue weighted by Gasteiger charge is 2.22. The topological polar surface area (TPSA) is 20.2 Å². The predicted molar refractivity (Wildman–Crippen MR) is 37.2 cm³/mol. The van der Waals surface area contributed by atoms with Crippen LogP contribution in [0.4, 0.5) is 4.39 Å². The second-order valence-electron chi connectivity index (χ2n) is 1.93. The van der Waals surface area contributed by atoms with Crippen molar-refractivity contribution in [3.05, 3.63) is 24.0 Å². The zero-order valence-corrected chi connectivity index (χ0v) is 6.23. The lowest BCUT2D eigenvalue weighted by Crippen LogP contribution is -2.10. The average Bonchev–Trinajstić information content (AvgIpc) is 1.78. The molecule has 0 radical (unpaired) electrons. The molecule has 0 heterocycles. The van der Waals surface area contributed by atoms with Gasteiger partial charge in [-0.3, -0.25) is 0 Å². The van der Waals surface area contributed by atoms with Crippen LogP contribution < -0.4 is 0 Å². The number of rotatable bonds is 0. The van der Waals surface area contributed by atoms with Gasteiger partial charge in [0.25, 0.3) is 0 Å². The normalized spacial score (nSPS) is 34.2. The summed E-state index contributed by atoms with van der Waals surface area (Å²) in [6.45, 7) is 0. The molecule has 0 spiro atoms. The first-order chi connectivity index (χ1) is 4.10. The number of allylic oxidation sites excluding steroid dienone is 3. The lowest BCUT2D eigenvalue weighted by Gasteiger charge is -2.13. The first kappa shape index (κ1) is 6.81. The van der Waals surface area contributed by atoms with Crippen molar-refractivity contribution in [1.29, 1.82) is 0 Å². The Labute approximate surface area is 61.0 Å². The fraction of sp³-hybridized carbons (Fsp3) is 0.333. The van der Waals surface area contributed by atoms with Crippen LogP contribution in [0.1, 0.15) is 6.42 Å². The molecule has 1 atom stereocenters. The molecular weight excluding hydrogens is 187 g/mol. The lowest BCUT2D eigenvalue weighted by atomic mass is 10.1. The van der Waals surface area contributed by atoms with Gasteiger partial charge in [-0.15, -0.1) is 0 Å². The molecule has 0 saturated heterocycles.